The summed E-state index contributed by atoms with van der Waals surface area (Å²) in [4.78, 5) is 36.0. The molecule has 3 aromatic rings. The van der Waals surface area contributed by atoms with Crippen LogP contribution in [0.3, 0.4) is 0 Å². The molecule has 0 radical (unpaired) electrons. The van der Waals surface area contributed by atoms with E-state index in [0.717, 1.165) is 11.3 Å². The van der Waals surface area contributed by atoms with Crippen LogP contribution in [-0.4, -0.2) is 23.9 Å². The summed E-state index contributed by atoms with van der Waals surface area (Å²) in [6, 6.07) is 6.49. The third-order valence-corrected chi connectivity index (χ3v) is 4.97. The van der Waals surface area contributed by atoms with Crippen LogP contribution >= 0.6 is 22.9 Å². The molecular weight excluding hydrogens is 392 g/mol. The van der Waals surface area contributed by atoms with Crippen molar-refractivity contribution in [3.63, 3.8) is 0 Å². The van der Waals surface area contributed by atoms with E-state index < -0.39 is 23.9 Å². The lowest BCUT2D eigenvalue weighted by Gasteiger charge is -2.12. The van der Waals surface area contributed by atoms with Gasteiger partial charge in [-0.2, -0.15) is 0 Å². The molecule has 1 atom stereocenters. The van der Waals surface area contributed by atoms with Crippen molar-refractivity contribution < 1.29 is 23.5 Å². The van der Waals surface area contributed by atoms with Crippen molar-refractivity contribution in [3.8, 4) is 0 Å². The lowest BCUT2D eigenvalue weighted by atomic mass is 10.1. The van der Waals surface area contributed by atoms with Crippen LogP contribution in [0.25, 0.3) is 11.0 Å². The Morgan fingerprint density at radius 2 is 2.04 bits per heavy atom. The number of ether oxygens (including phenoxy) is 1. The number of nitrogens with two attached hydrogens (primary N) is 1. The zero-order chi connectivity index (χ0) is 19.7. The number of amides is 2. The van der Waals surface area contributed by atoms with Gasteiger partial charge in [0, 0.05) is 16.0 Å². The maximum atomic E-state index is 12.4. The summed E-state index contributed by atoms with van der Waals surface area (Å²) in [6.45, 7) is 3.12. The number of halogens is 1. The highest BCUT2D eigenvalue weighted by Gasteiger charge is 2.25. The number of anilines is 1. The molecule has 3 N–H and O–H groups in total. The van der Waals surface area contributed by atoms with Crippen LogP contribution in [0.1, 0.15) is 33.4 Å². The molecule has 0 bridgehead atoms. The fraction of sp³-hybridized carbons (Fsp3) is 0.167. The molecule has 0 saturated heterocycles. The second-order valence-corrected chi connectivity index (χ2v) is 7.11. The molecule has 2 aromatic heterocycles. The number of carbonyl (C=O) groups is 3. The highest BCUT2D eigenvalue weighted by Crippen LogP contribution is 2.29. The van der Waals surface area contributed by atoms with Crippen molar-refractivity contribution in [1.29, 1.82) is 0 Å². The van der Waals surface area contributed by atoms with Crippen molar-refractivity contribution in [2.75, 3.05) is 5.32 Å². The van der Waals surface area contributed by atoms with E-state index >= 15 is 0 Å². The maximum absolute atomic E-state index is 12.4. The zero-order valence-electron chi connectivity index (χ0n) is 14.4. The molecule has 2 amide bonds. The van der Waals surface area contributed by atoms with Crippen molar-refractivity contribution in [1.82, 2.24) is 0 Å². The predicted molar refractivity (Wildman–Crippen MR) is 102 cm³/mol. The van der Waals surface area contributed by atoms with Crippen LogP contribution in [0.5, 0.6) is 0 Å². The standard InChI is InChI=1S/C18H15ClN2O5S/c1-8-12-7-10(19)3-4-13(12)26-14(8)18(24)25-9(2)16(23)21-17-11(15(20)22)5-6-27-17/h3-7,9H,1-2H3,(H2,20,22)(H,21,23)/t9-/m1/s1. The lowest BCUT2D eigenvalue weighted by Crippen LogP contribution is -2.30. The lowest BCUT2D eigenvalue weighted by molar-refractivity contribution is -0.123. The number of hydrogen-bond acceptors (Lipinski definition) is 6. The molecule has 140 valence electrons. The van der Waals surface area contributed by atoms with Crippen molar-refractivity contribution in [2.45, 2.75) is 20.0 Å². The van der Waals surface area contributed by atoms with E-state index in [1.54, 1.807) is 30.5 Å². The topological polar surface area (TPSA) is 112 Å². The van der Waals surface area contributed by atoms with Gasteiger partial charge < -0.3 is 20.2 Å². The zero-order valence-corrected chi connectivity index (χ0v) is 15.9. The Morgan fingerprint density at radius 1 is 1.30 bits per heavy atom. The summed E-state index contributed by atoms with van der Waals surface area (Å²) in [5, 5.41) is 5.65. The number of benzene rings is 1. The number of rotatable bonds is 5. The van der Waals surface area contributed by atoms with E-state index in [0.29, 0.717) is 26.6 Å². The molecule has 0 fully saturated rings. The van der Waals surface area contributed by atoms with Crippen molar-refractivity contribution in [3.05, 3.63) is 51.6 Å². The number of fused-ring (bicyclic) bond motifs is 1. The molecule has 9 heteroatoms. The number of thiophene rings is 1. The van der Waals surface area contributed by atoms with Crippen LogP contribution in [0, 0.1) is 6.92 Å². The quantitative estimate of drug-likeness (QED) is 0.627. The van der Waals surface area contributed by atoms with E-state index in [2.05, 4.69) is 5.32 Å². The van der Waals surface area contributed by atoms with Crippen LogP contribution in [0.4, 0.5) is 5.00 Å². The third-order valence-electron chi connectivity index (χ3n) is 3.90. The summed E-state index contributed by atoms with van der Waals surface area (Å²) in [5.74, 6) is -2.03. The van der Waals surface area contributed by atoms with Gasteiger partial charge in [-0.3, -0.25) is 9.59 Å². The van der Waals surface area contributed by atoms with E-state index in [1.165, 1.54) is 13.0 Å². The van der Waals surface area contributed by atoms with Crippen LogP contribution in [0.15, 0.2) is 34.1 Å². The highest BCUT2D eigenvalue weighted by atomic mass is 35.5. The van der Waals surface area contributed by atoms with Crippen LogP contribution in [-0.2, 0) is 9.53 Å². The smallest absolute Gasteiger partial charge is 0.375 e. The number of primary amides is 1. The maximum Gasteiger partial charge on any atom is 0.375 e. The fourth-order valence-electron chi connectivity index (χ4n) is 2.47. The Balaban J connectivity index is 1.73. The van der Waals surface area contributed by atoms with Gasteiger partial charge in [-0.15, -0.1) is 11.3 Å². The molecule has 7 nitrogen and oxygen atoms in total. The first-order chi connectivity index (χ1) is 12.8. The minimum atomic E-state index is -1.11. The molecule has 0 aliphatic heterocycles. The van der Waals surface area contributed by atoms with E-state index in [1.807, 2.05) is 0 Å². The molecule has 2 heterocycles. The first-order valence-corrected chi connectivity index (χ1v) is 9.11. The van der Waals surface area contributed by atoms with Crippen LogP contribution in [0.2, 0.25) is 5.02 Å². The largest absolute Gasteiger partial charge is 0.449 e. The van der Waals surface area contributed by atoms with E-state index in [9.17, 15) is 14.4 Å². The van der Waals surface area contributed by atoms with Gasteiger partial charge in [0.2, 0.25) is 5.76 Å². The SMILES string of the molecule is Cc1c(C(=O)O[C@H](C)C(=O)Nc2sccc2C(N)=O)oc2ccc(Cl)cc12. The molecule has 3 rings (SSSR count). The van der Waals surface area contributed by atoms with E-state index in [4.69, 9.17) is 26.5 Å². The Morgan fingerprint density at radius 3 is 2.74 bits per heavy atom. The molecule has 0 aliphatic rings. The van der Waals surface area contributed by atoms with Gasteiger partial charge in [0.05, 0.1) is 5.56 Å². The Hall–Kier alpha value is -2.84. The molecule has 27 heavy (non-hydrogen) atoms. The number of nitrogens with one attached hydrogen (secondary N) is 1. The number of aryl methyl sites for hydroxylation is 1. The Labute approximate surface area is 163 Å². The highest BCUT2D eigenvalue weighted by molar-refractivity contribution is 7.14. The Bertz CT molecular complexity index is 1060. The van der Waals surface area contributed by atoms with Gasteiger partial charge in [0.15, 0.2) is 6.10 Å². The fourth-order valence-corrected chi connectivity index (χ4v) is 3.44. The van der Waals surface area contributed by atoms with Crippen molar-refractivity contribution in [2.24, 2.45) is 5.73 Å². The molecule has 0 aliphatic carbocycles. The normalized spacial score (nSPS) is 12.0. The van der Waals surface area contributed by atoms with Gasteiger partial charge in [-0.1, -0.05) is 11.6 Å². The molecule has 1 aromatic carbocycles. The minimum absolute atomic E-state index is 0.000801. The number of hydrogen-bond donors (Lipinski definition) is 2. The summed E-state index contributed by atoms with van der Waals surface area (Å²) < 4.78 is 10.7. The summed E-state index contributed by atoms with van der Waals surface area (Å²) in [5.41, 5.74) is 6.49. The second kappa shape index (κ2) is 7.42. The molecule has 0 saturated carbocycles. The second-order valence-electron chi connectivity index (χ2n) is 5.76. The van der Waals surface area contributed by atoms with E-state index in [-0.39, 0.29) is 11.3 Å². The van der Waals surface area contributed by atoms with Gasteiger partial charge >= 0.3 is 5.97 Å². The third kappa shape index (κ3) is 3.81. The van der Waals surface area contributed by atoms with Gasteiger partial charge in [-0.25, -0.2) is 4.79 Å². The average molecular weight is 407 g/mol. The van der Waals surface area contributed by atoms with Gasteiger partial charge in [0.1, 0.15) is 10.6 Å². The Kier molecular flexibility index (Phi) is 5.20. The predicted octanol–water partition coefficient (Wildman–Crippen LogP) is 3.74. The van der Waals surface area contributed by atoms with Gasteiger partial charge in [0.25, 0.3) is 11.8 Å². The molecular formula is C18H15ClN2O5S. The number of furan rings is 1. The molecule has 0 spiro atoms. The van der Waals surface area contributed by atoms with Crippen LogP contribution < -0.4 is 11.1 Å². The molecule has 0 unspecified atom stereocenters. The van der Waals surface area contributed by atoms with Gasteiger partial charge in [-0.05, 0) is 43.5 Å². The number of carbonyl (C=O) groups excluding carboxylic acids is 3. The summed E-state index contributed by atoms with van der Waals surface area (Å²) in [7, 11) is 0. The first kappa shape index (κ1) is 18.9. The summed E-state index contributed by atoms with van der Waals surface area (Å²) >= 11 is 7.11. The number of esters is 1. The minimum Gasteiger partial charge on any atom is -0.449 e. The monoisotopic (exact) mass is 406 g/mol. The average Bonchev–Trinajstić information content (AvgIpc) is 3.20. The first-order valence-electron chi connectivity index (χ1n) is 7.85. The van der Waals surface area contributed by atoms with Crippen molar-refractivity contribution >= 4 is 56.7 Å². The summed E-state index contributed by atoms with van der Waals surface area (Å²) in [6.07, 6.45) is -1.11.